The summed E-state index contributed by atoms with van der Waals surface area (Å²) in [7, 11) is -4.98. The van der Waals surface area contributed by atoms with Gasteiger partial charge in [0, 0.05) is 24.0 Å². The van der Waals surface area contributed by atoms with Gasteiger partial charge in [0.2, 0.25) is 0 Å². The van der Waals surface area contributed by atoms with Gasteiger partial charge >= 0.3 is 16.3 Å². The van der Waals surface area contributed by atoms with E-state index in [1.54, 1.807) is 24.3 Å². The van der Waals surface area contributed by atoms with Crippen molar-refractivity contribution in [2.45, 2.75) is 30.8 Å². The number of aromatic nitrogens is 4. The van der Waals surface area contributed by atoms with Crippen molar-refractivity contribution in [2.75, 3.05) is 25.4 Å². The van der Waals surface area contributed by atoms with Crippen LogP contribution in [0.2, 0.25) is 0 Å². The third-order valence-electron chi connectivity index (χ3n) is 6.70. The largest absolute Gasteiger partial charge is 0.489 e. The molecule has 0 bridgehead atoms. The quantitative estimate of drug-likeness (QED) is 0.0336. The highest BCUT2D eigenvalue weighted by Gasteiger charge is 2.54. The Labute approximate surface area is 264 Å². The molecule has 244 valence electrons. The van der Waals surface area contributed by atoms with E-state index in [0.29, 0.717) is 11.4 Å². The summed E-state index contributed by atoms with van der Waals surface area (Å²) in [5.74, 6) is -3.06. The van der Waals surface area contributed by atoms with Gasteiger partial charge in [-0.2, -0.15) is 13.5 Å². The van der Waals surface area contributed by atoms with E-state index in [1.165, 1.54) is 16.4 Å². The van der Waals surface area contributed by atoms with Crippen molar-refractivity contribution in [1.82, 2.24) is 34.7 Å². The Morgan fingerprint density at radius 1 is 1.26 bits per heavy atom. The first-order valence-electron chi connectivity index (χ1n) is 13.3. The molecule has 0 saturated carbocycles. The monoisotopic (exact) mass is 677 g/mol. The van der Waals surface area contributed by atoms with Gasteiger partial charge in [0.1, 0.15) is 42.6 Å². The Morgan fingerprint density at radius 3 is 2.57 bits per heavy atom. The first-order valence-corrected chi connectivity index (χ1v) is 15.6. The van der Waals surface area contributed by atoms with Crippen LogP contribution in [0.25, 0.3) is 0 Å². The molecular weight excluding hydrogens is 650 g/mol. The van der Waals surface area contributed by atoms with Crippen molar-refractivity contribution < 1.29 is 42.0 Å². The predicted molar refractivity (Wildman–Crippen MR) is 159 cm³/mol. The molecule has 5 rings (SSSR count). The number of aliphatic carboxylic acids is 1. The molecule has 4 heterocycles. The van der Waals surface area contributed by atoms with E-state index in [2.05, 4.69) is 35.8 Å². The van der Waals surface area contributed by atoms with Crippen LogP contribution in [0.15, 0.2) is 52.4 Å². The molecule has 2 fully saturated rings. The molecule has 3 atom stereocenters. The van der Waals surface area contributed by atoms with Gasteiger partial charge in [0.15, 0.2) is 10.8 Å². The molecule has 8 N–H and O–H groups in total. The Hall–Kier alpha value is -5.19. The van der Waals surface area contributed by atoms with Crippen molar-refractivity contribution >= 4 is 56.1 Å². The lowest BCUT2D eigenvalue weighted by molar-refractivity contribution is -0.152. The summed E-state index contributed by atoms with van der Waals surface area (Å²) in [6, 6.07) is 3.80. The zero-order chi connectivity index (χ0) is 33.0. The van der Waals surface area contributed by atoms with E-state index in [-0.39, 0.29) is 33.5 Å². The van der Waals surface area contributed by atoms with E-state index in [0.717, 1.165) is 30.8 Å². The number of carbonyl (C=O) groups excluding carboxylic acids is 2. The van der Waals surface area contributed by atoms with Gasteiger partial charge in [0.05, 0.1) is 18.6 Å². The van der Waals surface area contributed by atoms with Crippen LogP contribution < -0.4 is 26.8 Å². The van der Waals surface area contributed by atoms with Gasteiger partial charge in [-0.05, 0) is 24.3 Å². The molecule has 1 aromatic carbocycles. The van der Waals surface area contributed by atoms with Crippen molar-refractivity contribution in [3.8, 4) is 5.75 Å². The number of oxime groups is 1. The number of β-lactam (4-membered cyclic amide) rings is 1. The van der Waals surface area contributed by atoms with Crippen LogP contribution in [0.1, 0.15) is 11.3 Å². The number of benzene rings is 1. The van der Waals surface area contributed by atoms with Gasteiger partial charge in [0.25, 0.3) is 17.9 Å². The minimum absolute atomic E-state index is 0.0356. The number of nitrogens with zero attached hydrogens (tertiary/aromatic N) is 7. The second-order valence-electron chi connectivity index (χ2n) is 9.85. The summed E-state index contributed by atoms with van der Waals surface area (Å²) in [4.78, 5) is 55.2. The second-order valence-corrected chi connectivity index (χ2v) is 12.0. The molecule has 46 heavy (non-hydrogen) atoms. The molecule has 0 radical (unpaired) electrons. The Balaban J connectivity index is 1.28. The number of rotatable bonds is 14. The smallest absolute Gasteiger partial charge is 0.362 e. The third kappa shape index (κ3) is 7.36. The zero-order valence-corrected chi connectivity index (χ0v) is 25.2. The van der Waals surface area contributed by atoms with Crippen molar-refractivity contribution in [1.29, 1.82) is 0 Å². The zero-order valence-electron chi connectivity index (χ0n) is 23.5. The number of carboxylic acids is 1. The predicted octanol–water partition coefficient (Wildman–Crippen LogP) is -2.55. The molecular formula is C24H27N11O9S2. The fraction of sp³-hybridized carbons (Fsp3) is 0.333. The maximum atomic E-state index is 13.3. The topological polar surface area (TPSA) is 292 Å². The number of nitrogens with two attached hydrogens (primary N) is 2. The fourth-order valence-electron chi connectivity index (χ4n) is 4.26. The highest BCUT2D eigenvalue weighted by atomic mass is 32.2. The van der Waals surface area contributed by atoms with Crippen molar-refractivity contribution in [3.63, 3.8) is 0 Å². The van der Waals surface area contributed by atoms with Gasteiger partial charge < -0.3 is 36.8 Å². The van der Waals surface area contributed by atoms with Gasteiger partial charge in [-0.15, -0.1) is 11.3 Å². The number of anilines is 1. The van der Waals surface area contributed by atoms with E-state index in [1.807, 2.05) is 0 Å². The number of hydrogen-bond acceptors (Lipinski definition) is 15. The Bertz CT molecular complexity index is 1760. The average Bonchev–Trinajstić information content (AvgIpc) is 3.66. The number of ether oxygens (including phenoxy) is 1. The van der Waals surface area contributed by atoms with E-state index >= 15 is 0 Å². The van der Waals surface area contributed by atoms with Crippen LogP contribution in [0, 0.1) is 0 Å². The highest BCUT2D eigenvalue weighted by Crippen LogP contribution is 2.25. The van der Waals surface area contributed by atoms with E-state index < -0.39 is 58.6 Å². The highest BCUT2D eigenvalue weighted by molar-refractivity contribution is 7.84. The molecule has 2 amide bonds. The lowest BCUT2D eigenvalue weighted by Gasteiger charge is -2.43. The normalized spacial score (nSPS) is 19.6. The van der Waals surface area contributed by atoms with Crippen LogP contribution in [0.3, 0.4) is 0 Å². The van der Waals surface area contributed by atoms with Gasteiger partial charge in [-0.3, -0.25) is 23.8 Å². The number of nitrogens with one attached hydrogen (secondary N) is 2. The maximum absolute atomic E-state index is 13.3. The summed E-state index contributed by atoms with van der Waals surface area (Å²) >= 11 is 0.938. The average molecular weight is 678 g/mol. The fourth-order valence-corrected chi connectivity index (χ4v) is 5.68. The standard InChI is InChI=1S/C24H27N11O9S2/c25-20(30-13-5-27-6-13)12-1-3-14(4-2-12)43-8-17(23(38)39)44-33-18(15-9-45-24(26)31-15)21(36)32-19-16(7-34-11-28-10-29-34)35(22(19)37)46(40,41)42/h1-4,9-11,13,16-17,19,27H,5-8H2,(H2,25,30)(H2,26,31)(H,32,36)(H,38,39)(H,40,41,42)/b33-18-/t16-,17?,19+/m1/s1. The molecule has 22 heteroatoms. The van der Waals surface area contributed by atoms with E-state index in [9.17, 15) is 32.5 Å². The number of aliphatic imine (C=N–C) groups is 1. The molecule has 20 nitrogen and oxygen atoms in total. The summed E-state index contributed by atoms with van der Waals surface area (Å²) in [5, 5.41) is 24.0. The SMILES string of the molecule is NC(=NC1CNC1)c1ccc(OCC(O/N=C(\C(=O)N[C@@H]2C(=O)N(S(=O)(=O)O)[C@@H]2Cn2cncn2)c2csc(N)n2)C(=O)O)cc1. The van der Waals surface area contributed by atoms with Crippen LogP contribution in [0.5, 0.6) is 5.75 Å². The summed E-state index contributed by atoms with van der Waals surface area (Å²) in [6.07, 6.45) is 0.692. The number of amidine groups is 1. The van der Waals surface area contributed by atoms with Crippen LogP contribution in [0.4, 0.5) is 5.13 Å². The van der Waals surface area contributed by atoms with Gasteiger partial charge in [-0.25, -0.2) is 19.1 Å². The number of thiazole rings is 1. The minimum Gasteiger partial charge on any atom is -0.489 e. The van der Waals surface area contributed by atoms with Crippen molar-refractivity contribution in [2.24, 2.45) is 15.9 Å². The number of carbonyl (C=O) groups is 3. The number of nitrogen functional groups attached to an aromatic ring is 1. The molecule has 2 aromatic heterocycles. The summed E-state index contributed by atoms with van der Waals surface area (Å²) in [6.45, 7) is 0.694. The van der Waals surface area contributed by atoms with Crippen molar-refractivity contribution in [3.05, 3.63) is 53.6 Å². The second kappa shape index (κ2) is 13.4. The van der Waals surface area contributed by atoms with Gasteiger partial charge in [-0.1, -0.05) is 5.16 Å². The molecule has 2 aliphatic heterocycles. The number of carboxylic acid groups (broad SMARTS) is 1. The molecule has 0 aliphatic carbocycles. The molecule has 2 saturated heterocycles. The molecule has 3 aromatic rings. The lowest BCUT2D eigenvalue weighted by atomic mass is 9.98. The van der Waals surface area contributed by atoms with E-state index in [4.69, 9.17) is 21.0 Å². The molecule has 0 spiro atoms. The molecule has 1 unspecified atom stereocenters. The first kappa shape index (κ1) is 32.2. The van der Waals surface area contributed by atoms with Crippen LogP contribution in [-0.2, 0) is 36.1 Å². The third-order valence-corrected chi connectivity index (χ3v) is 8.33. The first-order chi connectivity index (χ1) is 21.9. The number of amides is 2. The molecule has 2 aliphatic rings. The Morgan fingerprint density at radius 2 is 2.00 bits per heavy atom. The Kier molecular flexibility index (Phi) is 9.41. The minimum atomic E-state index is -4.98. The van der Waals surface area contributed by atoms with Crippen LogP contribution >= 0.6 is 11.3 Å². The maximum Gasteiger partial charge on any atom is 0.362 e. The summed E-state index contributed by atoms with van der Waals surface area (Å²) in [5.41, 5.74) is 11.7. The number of hydrogen-bond donors (Lipinski definition) is 6. The lowest BCUT2D eigenvalue weighted by Crippen LogP contribution is -2.73. The summed E-state index contributed by atoms with van der Waals surface area (Å²) < 4.78 is 40.1. The van der Waals surface area contributed by atoms with Crippen LogP contribution in [-0.4, -0.2) is 115 Å².